The molecule has 0 spiro atoms. The van der Waals surface area contributed by atoms with E-state index in [9.17, 15) is 13.6 Å². The molecule has 0 fully saturated rings. The van der Waals surface area contributed by atoms with E-state index in [2.05, 4.69) is 10.1 Å². The summed E-state index contributed by atoms with van der Waals surface area (Å²) in [7, 11) is 0. The summed E-state index contributed by atoms with van der Waals surface area (Å²) in [6.45, 7) is -1.28. The van der Waals surface area contributed by atoms with Gasteiger partial charge in [0.15, 0.2) is 11.0 Å². The number of para-hydroxylation sites is 1. The number of benzene rings is 1. The molecule has 1 heterocycles. The van der Waals surface area contributed by atoms with Gasteiger partial charge in [0, 0.05) is 5.56 Å². The molecule has 1 aromatic carbocycles. The van der Waals surface area contributed by atoms with Crippen LogP contribution in [0.25, 0.3) is 0 Å². The number of hydrogen-bond acceptors (Lipinski definition) is 3. The van der Waals surface area contributed by atoms with E-state index in [0.717, 1.165) is 0 Å². The van der Waals surface area contributed by atoms with Crippen molar-refractivity contribution < 1.29 is 22.7 Å². The van der Waals surface area contributed by atoms with Crippen molar-refractivity contribution in [2.24, 2.45) is 0 Å². The molecule has 0 saturated heterocycles. The van der Waals surface area contributed by atoms with Gasteiger partial charge in [-0.25, -0.2) is 0 Å². The van der Waals surface area contributed by atoms with E-state index in [4.69, 9.17) is 16.0 Å². The molecule has 1 aromatic heterocycles. The zero-order chi connectivity index (χ0) is 15.4. The van der Waals surface area contributed by atoms with Gasteiger partial charge in [0.1, 0.15) is 5.75 Å². The SMILES string of the molecule is C[C@H](NC(=O)c1ccc(Cl)o1)c1ccccc1OC(F)F. The van der Waals surface area contributed by atoms with E-state index >= 15 is 0 Å². The number of furan rings is 1. The monoisotopic (exact) mass is 315 g/mol. The van der Waals surface area contributed by atoms with Crippen LogP contribution in [0.15, 0.2) is 40.8 Å². The van der Waals surface area contributed by atoms with Crippen molar-refractivity contribution in [2.45, 2.75) is 19.6 Å². The maximum atomic E-state index is 12.4. The van der Waals surface area contributed by atoms with Crippen LogP contribution in [0.5, 0.6) is 5.75 Å². The van der Waals surface area contributed by atoms with Gasteiger partial charge in [0.05, 0.1) is 6.04 Å². The molecule has 0 radical (unpaired) electrons. The molecule has 0 aliphatic carbocycles. The second-order valence-corrected chi connectivity index (χ2v) is 4.59. The van der Waals surface area contributed by atoms with Crippen molar-refractivity contribution in [3.63, 3.8) is 0 Å². The summed E-state index contributed by atoms with van der Waals surface area (Å²) < 4.78 is 34.1. The molecule has 1 N–H and O–H groups in total. The largest absolute Gasteiger partial charge is 0.440 e. The number of halogens is 3. The second kappa shape index (κ2) is 6.58. The lowest BCUT2D eigenvalue weighted by atomic mass is 10.1. The van der Waals surface area contributed by atoms with E-state index < -0.39 is 18.6 Å². The predicted molar refractivity (Wildman–Crippen MR) is 72.7 cm³/mol. The van der Waals surface area contributed by atoms with E-state index in [0.29, 0.717) is 5.56 Å². The molecule has 0 unspecified atom stereocenters. The van der Waals surface area contributed by atoms with E-state index in [1.807, 2.05) is 0 Å². The zero-order valence-corrected chi connectivity index (χ0v) is 11.7. The van der Waals surface area contributed by atoms with E-state index in [1.54, 1.807) is 25.1 Å². The number of alkyl halides is 2. The number of rotatable bonds is 5. The lowest BCUT2D eigenvalue weighted by Gasteiger charge is -2.17. The average molecular weight is 316 g/mol. The van der Waals surface area contributed by atoms with Gasteiger partial charge in [-0.2, -0.15) is 8.78 Å². The molecule has 0 aliphatic heterocycles. The first-order valence-corrected chi connectivity index (χ1v) is 6.45. The molecule has 2 rings (SSSR count). The van der Waals surface area contributed by atoms with E-state index in [-0.39, 0.29) is 16.7 Å². The fraction of sp³-hybridized carbons (Fsp3) is 0.214. The Hall–Kier alpha value is -2.08. The first kappa shape index (κ1) is 15.3. The summed E-state index contributed by atoms with van der Waals surface area (Å²) in [6, 6.07) is 8.56. The average Bonchev–Trinajstić information content (AvgIpc) is 2.85. The Balaban J connectivity index is 2.13. The highest BCUT2D eigenvalue weighted by Crippen LogP contribution is 2.26. The van der Waals surface area contributed by atoms with Crippen LogP contribution >= 0.6 is 11.6 Å². The van der Waals surface area contributed by atoms with Gasteiger partial charge in [-0.05, 0) is 36.7 Å². The van der Waals surface area contributed by atoms with Gasteiger partial charge in [-0.1, -0.05) is 18.2 Å². The fourth-order valence-electron chi connectivity index (χ4n) is 1.82. The van der Waals surface area contributed by atoms with Crippen molar-refractivity contribution in [1.82, 2.24) is 5.32 Å². The Bertz CT molecular complexity index is 630. The van der Waals surface area contributed by atoms with Gasteiger partial charge in [-0.15, -0.1) is 0 Å². The van der Waals surface area contributed by atoms with Crippen LogP contribution in [-0.4, -0.2) is 12.5 Å². The molecule has 112 valence electrons. The Morgan fingerprint density at radius 1 is 1.29 bits per heavy atom. The van der Waals surface area contributed by atoms with Gasteiger partial charge >= 0.3 is 6.61 Å². The number of carbonyl (C=O) groups is 1. The molecule has 0 saturated carbocycles. The van der Waals surface area contributed by atoms with Gasteiger partial charge in [0.2, 0.25) is 0 Å². The fourth-order valence-corrected chi connectivity index (χ4v) is 1.97. The predicted octanol–water partition coefficient (Wildman–Crippen LogP) is 4.03. The van der Waals surface area contributed by atoms with Crippen LogP contribution < -0.4 is 10.1 Å². The highest BCUT2D eigenvalue weighted by Gasteiger charge is 2.18. The molecule has 4 nitrogen and oxygen atoms in total. The first-order chi connectivity index (χ1) is 9.97. The lowest BCUT2D eigenvalue weighted by Crippen LogP contribution is -2.26. The summed E-state index contributed by atoms with van der Waals surface area (Å²) in [5, 5.41) is 2.72. The highest BCUT2D eigenvalue weighted by atomic mass is 35.5. The molecule has 1 amide bonds. The normalized spacial score (nSPS) is 12.2. The van der Waals surface area contributed by atoms with Crippen molar-refractivity contribution in [3.8, 4) is 5.75 Å². The third kappa shape index (κ3) is 3.95. The van der Waals surface area contributed by atoms with Crippen molar-refractivity contribution in [2.75, 3.05) is 0 Å². The topological polar surface area (TPSA) is 51.5 Å². The summed E-state index contributed by atoms with van der Waals surface area (Å²) in [5.74, 6) is -0.446. The molecular formula is C14H12ClF2NO3. The molecule has 0 bridgehead atoms. The molecule has 7 heteroatoms. The van der Waals surface area contributed by atoms with Crippen molar-refractivity contribution in [3.05, 3.63) is 52.9 Å². The summed E-state index contributed by atoms with van der Waals surface area (Å²) in [5.41, 5.74) is 0.434. The van der Waals surface area contributed by atoms with Crippen LogP contribution in [0.1, 0.15) is 29.1 Å². The maximum absolute atomic E-state index is 12.4. The zero-order valence-electron chi connectivity index (χ0n) is 11.0. The number of carbonyl (C=O) groups excluding carboxylic acids is 1. The summed E-state index contributed by atoms with van der Waals surface area (Å²) >= 11 is 5.59. The Kier molecular flexibility index (Phi) is 4.80. The van der Waals surface area contributed by atoms with Crippen LogP contribution in [0.3, 0.4) is 0 Å². The summed E-state index contributed by atoms with van der Waals surface area (Å²) in [6.07, 6.45) is 0. The molecule has 0 aliphatic rings. The molecule has 21 heavy (non-hydrogen) atoms. The smallest absolute Gasteiger partial charge is 0.387 e. The second-order valence-electron chi connectivity index (χ2n) is 4.22. The third-order valence-corrected chi connectivity index (χ3v) is 2.95. The minimum absolute atomic E-state index is 0.0118. The molecule has 1 atom stereocenters. The van der Waals surface area contributed by atoms with Crippen LogP contribution in [-0.2, 0) is 0 Å². The van der Waals surface area contributed by atoms with Crippen LogP contribution in [0, 0.1) is 0 Å². The van der Waals surface area contributed by atoms with Gasteiger partial charge in [0.25, 0.3) is 5.91 Å². The lowest BCUT2D eigenvalue weighted by molar-refractivity contribution is -0.0506. The van der Waals surface area contributed by atoms with Crippen molar-refractivity contribution >= 4 is 17.5 Å². The van der Waals surface area contributed by atoms with Crippen LogP contribution in [0.2, 0.25) is 5.22 Å². The van der Waals surface area contributed by atoms with Crippen LogP contribution in [0.4, 0.5) is 8.78 Å². The Labute approximate surface area is 124 Å². The third-order valence-electron chi connectivity index (χ3n) is 2.75. The number of hydrogen-bond donors (Lipinski definition) is 1. The minimum Gasteiger partial charge on any atom is -0.440 e. The van der Waals surface area contributed by atoms with E-state index in [1.165, 1.54) is 18.2 Å². The standard InChI is InChI=1S/C14H12ClF2NO3/c1-8(18-13(19)11-6-7-12(15)20-11)9-4-2-3-5-10(9)21-14(16)17/h2-8,14H,1H3,(H,18,19)/t8-/m0/s1. The number of ether oxygens (including phenoxy) is 1. The minimum atomic E-state index is -2.93. The Morgan fingerprint density at radius 2 is 2.00 bits per heavy atom. The first-order valence-electron chi connectivity index (χ1n) is 6.07. The van der Waals surface area contributed by atoms with Gasteiger partial charge in [-0.3, -0.25) is 4.79 Å². The molecular weight excluding hydrogens is 304 g/mol. The highest BCUT2D eigenvalue weighted by molar-refractivity contribution is 6.29. The number of nitrogens with one attached hydrogen (secondary N) is 1. The quantitative estimate of drug-likeness (QED) is 0.906. The maximum Gasteiger partial charge on any atom is 0.387 e. The van der Waals surface area contributed by atoms with Crippen molar-refractivity contribution in [1.29, 1.82) is 0 Å². The van der Waals surface area contributed by atoms with Gasteiger partial charge < -0.3 is 14.5 Å². The summed E-state index contributed by atoms with van der Waals surface area (Å²) in [4.78, 5) is 11.9. The Morgan fingerprint density at radius 3 is 2.62 bits per heavy atom. The number of amides is 1. The molecule has 2 aromatic rings.